The summed E-state index contributed by atoms with van der Waals surface area (Å²) in [6.45, 7) is 3.93. The van der Waals surface area contributed by atoms with Crippen molar-refractivity contribution < 1.29 is 10.2 Å². The Bertz CT molecular complexity index is 409. The highest BCUT2D eigenvalue weighted by atomic mass is 35.5. The van der Waals surface area contributed by atoms with Crippen molar-refractivity contribution in [3.63, 3.8) is 0 Å². The van der Waals surface area contributed by atoms with Gasteiger partial charge in [-0.15, -0.1) is 0 Å². The fourth-order valence-electron chi connectivity index (χ4n) is 2.51. The van der Waals surface area contributed by atoms with Crippen molar-refractivity contribution in [3.8, 4) is 0 Å². The van der Waals surface area contributed by atoms with E-state index in [2.05, 4.69) is 4.90 Å². The minimum atomic E-state index is -0.489. The Labute approximate surface area is 113 Å². The average molecular weight is 270 g/mol. The number of nitrogens with zero attached hydrogens (tertiary/aromatic N) is 1. The highest BCUT2D eigenvalue weighted by molar-refractivity contribution is 6.33. The van der Waals surface area contributed by atoms with Gasteiger partial charge >= 0.3 is 0 Å². The lowest BCUT2D eigenvalue weighted by Crippen LogP contribution is -2.20. The number of rotatable bonds is 4. The van der Waals surface area contributed by atoms with Crippen LogP contribution in [-0.4, -0.2) is 29.9 Å². The van der Waals surface area contributed by atoms with Crippen molar-refractivity contribution in [3.05, 3.63) is 28.8 Å². The zero-order chi connectivity index (χ0) is 13.1. The second-order valence-corrected chi connectivity index (χ2v) is 5.41. The van der Waals surface area contributed by atoms with E-state index < -0.39 is 6.10 Å². The summed E-state index contributed by atoms with van der Waals surface area (Å²) in [5.74, 6) is 0.558. The Balaban J connectivity index is 2.10. The first-order valence-electron chi connectivity index (χ1n) is 6.45. The number of halogens is 1. The zero-order valence-corrected chi connectivity index (χ0v) is 11.4. The molecule has 0 aliphatic carbocycles. The third-order valence-electron chi connectivity index (χ3n) is 3.62. The van der Waals surface area contributed by atoms with E-state index in [1.807, 2.05) is 18.2 Å². The summed E-state index contributed by atoms with van der Waals surface area (Å²) in [5, 5.41) is 19.2. The first-order valence-corrected chi connectivity index (χ1v) is 6.83. The minimum absolute atomic E-state index is 0.257. The Kier molecular flexibility index (Phi) is 4.49. The summed E-state index contributed by atoms with van der Waals surface area (Å²) < 4.78 is 0. The van der Waals surface area contributed by atoms with Gasteiger partial charge in [-0.1, -0.05) is 17.7 Å². The van der Waals surface area contributed by atoms with Gasteiger partial charge in [-0.3, -0.25) is 0 Å². The van der Waals surface area contributed by atoms with E-state index in [9.17, 15) is 5.11 Å². The van der Waals surface area contributed by atoms with Gasteiger partial charge in [0.25, 0.3) is 0 Å². The van der Waals surface area contributed by atoms with Crippen LogP contribution in [0.5, 0.6) is 0 Å². The molecule has 3 nitrogen and oxygen atoms in total. The third kappa shape index (κ3) is 2.97. The fraction of sp³-hybridized carbons (Fsp3) is 0.571. The van der Waals surface area contributed by atoms with Crippen molar-refractivity contribution >= 4 is 17.3 Å². The molecule has 1 saturated heterocycles. The molecule has 0 aromatic heterocycles. The average Bonchev–Trinajstić information content (AvgIpc) is 2.77. The SMILES string of the molecule is C[C@H](O)c1ccc(N2CCC(CCO)C2)c(Cl)c1. The fourth-order valence-corrected chi connectivity index (χ4v) is 2.82. The molecule has 0 amide bonds. The molecule has 2 atom stereocenters. The van der Waals surface area contributed by atoms with Crippen LogP contribution in [0.15, 0.2) is 18.2 Å². The topological polar surface area (TPSA) is 43.7 Å². The Morgan fingerprint density at radius 3 is 2.89 bits per heavy atom. The quantitative estimate of drug-likeness (QED) is 0.883. The third-order valence-corrected chi connectivity index (χ3v) is 3.92. The number of hydrogen-bond acceptors (Lipinski definition) is 3. The van der Waals surface area contributed by atoms with Gasteiger partial charge < -0.3 is 15.1 Å². The normalized spacial score (nSPS) is 21.3. The van der Waals surface area contributed by atoms with E-state index in [0.717, 1.165) is 37.2 Å². The van der Waals surface area contributed by atoms with Gasteiger partial charge in [0, 0.05) is 19.7 Å². The molecule has 2 N–H and O–H groups in total. The van der Waals surface area contributed by atoms with Crippen LogP contribution in [0.4, 0.5) is 5.69 Å². The van der Waals surface area contributed by atoms with Crippen molar-refractivity contribution in [1.82, 2.24) is 0 Å². The standard InChI is InChI=1S/C14H20ClNO2/c1-10(18)12-2-3-14(13(15)8-12)16-6-4-11(9-16)5-7-17/h2-3,8,10-11,17-18H,4-7,9H2,1H3/t10-,11?/m0/s1. The summed E-state index contributed by atoms with van der Waals surface area (Å²) in [6, 6.07) is 5.73. The van der Waals surface area contributed by atoms with Crippen LogP contribution in [0, 0.1) is 5.92 Å². The second-order valence-electron chi connectivity index (χ2n) is 5.00. The summed E-state index contributed by atoms with van der Waals surface area (Å²) in [6.07, 6.45) is 1.48. The molecule has 0 bridgehead atoms. The van der Waals surface area contributed by atoms with Gasteiger partial charge in [-0.2, -0.15) is 0 Å². The number of hydrogen-bond donors (Lipinski definition) is 2. The van der Waals surface area contributed by atoms with E-state index in [1.54, 1.807) is 6.92 Å². The van der Waals surface area contributed by atoms with E-state index in [-0.39, 0.29) is 6.61 Å². The Morgan fingerprint density at radius 2 is 2.28 bits per heavy atom. The molecule has 1 aromatic rings. The minimum Gasteiger partial charge on any atom is -0.396 e. The van der Waals surface area contributed by atoms with Gasteiger partial charge in [0.1, 0.15) is 0 Å². The smallest absolute Gasteiger partial charge is 0.0762 e. The maximum Gasteiger partial charge on any atom is 0.0762 e. The van der Waals surface area contributed by atoms with E-state index in [1.165, 1.54) is 0 Å². The van der Waals surface area contributed by atoms with Gasteiger partial charge in [-0.25, -0.2) is 0 Å². The van der Waals surface area contributed by atoms with Gasteiger partial charge in [-0.05, 0) is 43.4 Å². The first kappa shape index (κ1) is 13.7. The summed E-state index contributed by atoms with van der Waals surface area (Å²) in [7, 11) is 0. The predicted molar refractivity (Wildman–Crippen MR) is 74.1 cm³/mol. The molecule has 2 rings (SSSR count). The highest BCUT2D eigenvalue weighted by Crippen LogP contribution is 2.33. The van der Waals surface area contributed by atoms with Crippen LogP contribution < -0.4 is 4.90 Å². The summed E-state index contributed by atoms with van der Waals surface area (Å²) in [4.78, 5) is 2.26. The molecular weight excluding hydrogens is 250 g/mol. The van der Waals surface area contributed by atoms with Crippen molar-refractivity contribution in [2.24, 2.45) is 5.92 Å². The molecule has 0 saturated carbocycles. The maximum absolute atomic E-state index is 9.52. The van der Waals surface area contributed by atoms with E-state index >= 15 is 0 Å². The van der Waals surface area contributed by atoms with Crippen LogP contribution in [0.2, 0.25) is 5.02 Å². The predicted octanol–water partition coefficient (Wildman–Crippen LogP) is 2.60. The molecule has 1 unspecified atom stereocenters. The van der Waals surface area contributed by atoms with Gasteiger partial charge in [0.2, 0.25) is 0 Å². The summed E-state index contributed by atoms with van der Waals surface area (Å²) in [5.41, 5.74) is 1.87. The largest absolute Gasteiger partial charge is 0.396 e. The lowest BCUT2D eigenvalue weighted by Gasteiger charge is -2.21. The molecule has 1 aromatic carbocycles. The van der Waals surface area contributed by atoms with Gasteiger partial charge in [0.05, 0.1) is 16.8 Å². The first-order chi connectivity index (χ1) is 8.61. The van der Waals surface area contributed by atoms with Crippen molar-refractivity contribution in [2.75, 3.05) is 24.6 Å². The molecule has 1 aliphatic rings. The molecule has 4 heteroatoms. The summed E-state index contributed by atoms with van der Waals surface area (Å²) >= 11 is 6.28. The van der Waals surface area contributed by atoms with Gasteiger partial charge in [0.15, 0.2) is 0 Å². The molecule has 1 fully saturated rings. The maximum atomic E-state index is 9.52. The molecule has 0 spiro atoms. The molecule has 18 heavy (non-hydrogen) atoms. The number of benzene rings is 1. The van der Waals surface area contributed by atoms with Crippen LogP contribution >= 0.6 is 11.6 Å². The van der Waals surface area contributed by atoms with Crippen LogP contribution in [0.25, 0.3) is 0 Å². The lowest BCUT2D eigenvalue weighted by molar-refractivity contribution is 0.199. The van der Waals surface area contributed by atoms with Crippen LogP contribution in [0.1, 0.15) is 31.4 Å². The lowest BCUT2D eigenvalue weighted by atomic mass is 10.1. The molecule has 1 heterocycles. The Hall–Kier alpha value is -0.770. The van der Waals surface area contributed by atoms with E-state index in [4.69, 9.17) is 16.7 Å². The number of aliphatic hydroxyl groups is 2. The molecule has 0 radical (unpaired) electrons. The van der Waals surface area contributed by atoms with Crippen LogP contribution in [-0.2, 0) is 0 Å². The van der Waals surface area contributed by atoms with Crippen molar-refractivity contribution in [1.29, 1.82) is 0 Å². The monoisotopic (exact) mass is 269 g/mol. The second kappa shape index (κ2) is 5.91. The van der Waals surface area contributed by atoms with Crippen molar-refractivity contribution in [2.45, 2.75) is 25.9 Å². The zero-order valence-electron chi connectivity index (χ0n) is 10.6. The Morgan fingerprint density at radius 1 is 1.50 bits per heavy atom. The molecule has 1 aliphatic heterocycles. The van der Waals surface area contributed by atoms with E-state index in [0.29, 0.717) is 10.9 Å². The number of anilines is 1. The highest BCUT2D eigenvalue weighted by Gasteiger charge is 2.23. The molecular formula is C14H20ClNO2. The number of aliphatic hydroxyl groups excluding tert-OH is 2. The molecule has 100 valence electrons. The van der Waals surface area contributed by atoms with Crippen LogP contribution in [0.3, 0.4) is 0 Å².